The maximum atomic E-state index is 6.15. The molecule has 21 heavy (non-hydrogen) atoms. The van der Waals surface area contributed by atoms with Crippen molar-refractivity contribution in [2.45, 2.75) is 52.2 Å². The van der Waals surface area contributed by atoms with Crippen molar-refractivity contribution in [3.63, 3.8) is 0 Å². The molecular formula is C17H26Cl2N2. The van der Waals surface area contributed by atoms with Gasteiger partial charge in [-0.05, 0) is 36.5 Å². The number of hydrogen-bond acceptors (Lipinski definition) is 2. The first-order valence-corrected chi connectivity index (χ1v) is 8.66. The molecule has 2 atom stereocenters. The van der Waals surface area contributed by atoms with Gasteiger partial charge in [-0.1, -0.05) is 50.0 Å². The van der Waals surface area contributed by atoms with Crippen molar-refractivity contribution >= 4 is 23.2 Å². The summed E-state index contributed by atoms with van der Waals surface area (Å²) in [6.07, 6.45) is 2.40. The van der Waals surface area contributed by atoms with Crippen LogP contribution >= 0.6 is 23.2 Å². The van der Waals surface area contributed by atoms with Gasteiger partial charge in [0.2, 0.25) is 0 Å². The Labute approximate surface area is 138 Å². The molecule has 4 heteroatoms. The standard InChI is InChI=1S/C17H26Cl2N2/c1-4-14-11-21(15(9-20-14)7-12(2)3)10-13-5-6-16(18)17(19)8-13/h5-6,8,12,14-15,20H,4,7,9-11H2,1-3H3. The van der Waals surface area contributed by atoms with Gasteiger partial charge in [0.05, 0.1) is 10.0 Å². The predicted molar refractivity (Wildman–Crippen MR) is 92.2 cm³/mol. The van der Waals surface area contributed by atoms with Crippen LogP contribution in [-0.4, -0.2) is 30.1 Å². The Hall–Kier alpha value is -0.280. The quantitative estimate of drug-likeness (QED) is 0.850. The minimum atomic E-state index is 0.594. The number of nitrogens with one attached hydrogen (secondary N) is 1. The van der Waals surface area contributed by atoms with E-state index in [2.05, 4.69) is 37.1 Å². The molecule has 1 aliphatic heterocycles. The van der Waals surface area contributed by atoms with Crippen molar-refractivity contribution in [2.24, 2.45) is 5.92 Å². The van der Waals surface area contributed by atoms with E-state index in [9.17, 15) is 0 Å². The van der Waals surface area contributed by atoms with Gasteiger partial charge in [0.15, 0.2) is 0 Å². The zero-order valence-electron chi connectivity index (χ0n) is 13.2. The summed E-state index contributed by atoms with van der Waals surface area (Å²) in [6.45, 7) is 9.98. The predicted octanol–water partition coefficient (Wildman–Crippen LogP) is 4.59. The molecule has 0 amide bonds. The molecule has 1 fully saturated rings. The first-order valence-electron chi connectivity index (χ1n) is 7.91. The molecule has 2 rings (SSSR count). The van der Waals surface area contributed by atoms with E-state index in [-0.39, 0.29) is 0 Å². The van der Waals surface area contributed by atoms with Gasteiger partial charge in [-0.15, -0.1) is 0 Å². The van der Waals surface area contributed by atoms with E-state index in [0.29, 0.717) is 28.0 Å². The Morgan fingerprint density at radius 3 is 2.67 bits per heavy atom. The molecular weight excluding hydrogens is 303 g/mol. The molecule has 1 aliphatic rings. The van der Waals surface area contributed by atoms with Crippen molar-refractivity contribution in [2.75, 3.05) is 13.1 Å². The molecule has 118 valence electrons. The zero-order valence-corrected chi connectivity index (χ0v) is 14.7. The third kappa shape index (κ3) is 4.85. The van der Waals surface area contributed by atoms with Gasteiger partial charge in [0, 0.05) is 31.7 Å². The van der Waals surface area contributed by atoms with Crippen LogP contribution in [0.2, 0.25) is 10.0 Å². The summed E-state index contributed by atoms with van der Waals surface area (Å²) in [6, 6.07) is 7.18. The largest absolute Gasteiger partial charge is 0.311 e. The van der Waals surface area contributed by atoms with Crippen LogP contribution < -0.4 is 5.32 Å². The normalized spacial score (nSPS) is 23.7. The maximum absolute atomic E-state index is 6.15. The Bertz CT molecular complexity index is 462. The van der Waals surface area contributed by atoms with Crippen molar-refractivity contribution < 1.29 is 0 Å². The Kier molecular flexibility index (Phi) is 6.36. The van der Waals surface area contributed by atoms with Gasteiger partial charge in [-0.3, -0.25) is 4.90 Å². The van der Waals surface area contributed by atoms with Gasteiger partial charge < -0.3 is 5.32 Å². The zero-order chi connectivity index (χ0) is 15.4. The molecule has 0 aromatic heterocycles. The summed E-state index contributed by atoms with van der Waals surface area (Å²) in [5.74, 6) is 0.714. The first kappa shape index (κ1) is 17.1. The fourth-order valence-electron chi connectivity index (χ4n) is 3.04. The van der Waals surface area contributed by atoms with Crippen LogP contribution in [0.4, 0.5) is 0 Å². The highest BCUT2D eigenvalue weighted by atomic mass is 35.5. The Balaban J connectivity index is 2.09. The molecule has 1 saturated heterocycles. The summed E-state index contributed by atoms with van der Waals surface area (Å²) in [5.41, 5.74) is 1.25. The topological polar surface area (TPSA) is 15.3 Å². The molecule has 2 unspecified atom stereocenters. The SMILES string of the molecule is CCC1CN(Cc2ccc(Cl)c(Cl)c2)C(CC(C)C)CN1. The van der Waals surface area contributed by atoms with E-state index >= 15 is 0 Å². The summed E-state index contributed by atoms with van der Waals surface area (Å²) in [5, 5.41) is 4.95. The summed E-state index contributed by atoms with van der Waals surface area (Å²) >= 11 is 12.2. The molecule has 1 N–H and O–H groups in total. The molecule has 1 aromatic carbocycles. The van der Waals surface area contributed by atoms with E-state index in [1.54, 1.807) is 0 Å². The highest BCUT2D eigenvalue weighted by molar-refractivity contribution is 6.42. The van der Waals surface area contributed by atoms with Crippen LogP contribution in [-0.2, 0) is 6.54 Å². The average molecular weight is 329 g/mol. The third-order valence-electron chi connectivity index (χ3n) is 4.22. The van der Waals surface area contributed by atoms with E-state index in [0.717, 1.165) is 19.6 Å². The number of halogens is 2. The van der Waals surface area contributed by atoms with Crippen molar-refractivity contribution in [3.05, 3.63) is 33.8 Å². The minimum absolute atomic E-state index is 0.594. The second-order valence-electron chi connectivity index (χ2n) is 6.47. The second-order valence-corrected chi connectivity index (χ2v) is 7.29. The number of rotatable bonds is 5. The van der Waals surface area contributed by atoms with Crippen LogP contribution in [0.1, 0.15) is 39.2 Å². The number of nitrogens with zero attached hydrogens (tertiary/aromatic N) is 1. The molecule has 1 aromatic rings. The molecule has 2 nitrogen and oxygen atoms in total. The molecule has 1 heterocycles. The summed E-state index contributed by atoms with van der Waals surface area (Å²) < 4.78 is 0. The minimum Gasteiger partial charge on any atom is -0.311 e. The highest BCUT2D eigenvalue weighted by Crippen LogP contribution is 2.25. The summed E-state index contributed by atoms with van der Waals surface area (Å²) in [4.78, 5) is 2.60. The molecule has 0 bridgehead atoms. The smallest absolute Gasteiger partial charge is 0.0595 e. The second kappa shape index (κ2) is 7.82. The molecule has 0 radical (unpaired) electrons. The van der Waals surface area contributed by atoms with Gasteiger partial charge in [0.25, 0.3) is 0 Å². The number of hydrogen-bond donors (Lipinski definition) is 1. The third-order valence-corrected chi connectivity index (χ3v) is 4.96. The molecule has 0 aliphatic carbocycles. The van der Waals surface area contributed by atoms with Crippen LogP contribution in [0.15, 0.2) is 18.2 Å². The number of benzene rings is 1. The fraction of sp³-hybridized carbons (Fsp3) is 0.647. The first-order chi connectivity index (χ1) is 9.99. The maximum Gasteiger partial charge on any atom is 0.0595 e. The van der Waals surface area contributed by atoms with Crippen molar-refractivity contribution in [1.82, 2.24) is 10.2 Å². The van der Waals surface area contributed by atoms with Crippen LogP contribution in [0, 0.1) is 5.92 Å². The monoisotopic (exact) mass is 328 g/mol. The molecule has 0 spiro atoms. The summed E-state index contributed by atoms with van der Waals surface area (Å²) in [7, 11) is 0. The van der Waals surface area contributed by atoms with E-state index < -0.39 is 0 Å². The van der Waals surface area contributed by atoms with Crippen LogP contribution in [0.25, 0.3) is 0 Å². The lowest BCUT2D eigenvalue weighted by Gasteiger charge is -2.41. The van der Waals surface area contributed by atoms with Gasteiger partial charge in [0.1, 0.15) is 0 Å². The highest BCUT2D eigenvalue weighted by Gasteiger charge is 2.27. The lowest BCUT2D eigenvalue weighted by atomic mass is 9.97. The lowest BCUT2D eigenvalue weighted by Crippen LogP contribution is -2.56. The van der Waals surface area contributed by atoms with E-state index in [4.69, 9.17) is 23.2 Å². The lowest BCUT2D eigenvalue weighted by molar-refractivity contribution is 0.105. The molecule has 0 saturated carbocycles. The van der Waals surface area contributed by atoms with Crippen LogP contribution in [0.3, 0.4) is 0 Å². The van der Waals surface area contributed by atoms with E-state index in [1.807, 2.05) is 12.1 Å². The Morgan fingerprint density at radius 1 is 1.29 bits per heavy atom. The number of piperazine rings is 1. The van der Waals surface area contributed by atoms with Crippen molar-refractivity contribution in [1.29, 1.82) is 0 Å². The average Bonchev–Trinajstić information content (AvgIpc) is 2.44. The van der Waals surface area contributed by atoms with Gasteiger partial charge >= 0.3 is 0 Å². The van der Waals surface area contributed by atoms with E-state index in [1.165, 1.54) is 18.4 Å². The van der Waals surface area contributed by atoms with Crippen LogP contribution in [0.5, 0.6) is 0 Å². The Morgan fingerprint density at radius 2 is 2.05 bits per heavy atom. The van der Waals surface area contributed by atoms with Crippen molar-refractivity contribution in [3.8, 4) is 0 Å². The van der Waals surface area contributed by atoms with Gasteiger partial charge in [-0.25, -0.2) is 0 Å². The fourth-order valence-corrected chi connectivity index (χ4v) is 3.37. The van der Waals surface area contributed by atoms with Gasteiger partial charge in [-0.2, -0.15) is 0 Å².